The zero-order chi connectivity index (χ0) is 31.0. The highest BCUT2D eigenvalue weighted by atomic mass is 16.6. The molecule has 238 valence electrons. The first kappa shape index (κ1) is 34.4. The molecule has 0 saturated carbocycles. The molecule has 9 atom stereocenters. The second-order valence-corrected chi connectivity index (χ2v) is 14.6. The van der Waals surface area contributed by atoms with Gasteiger partial charge in [0.15, 0.2) is 0 Å². The summed E-state index contributed by atoms with van der Waals surface area (Å²) in [6, 6.07) is 0. The lowest BCUT2D eigenvalue weighted by Gasteiger charge is -2.46. The zero-order valence-corrected chi connectivity index (χ0v) is 26.6. The van der Waals surface area contributed by atoms with Crippen molar-refractivity contribution in [2.75, 3.05) is 0 Å². The first-order valence-electron chi connectivity index (χ1n) is 15.4. The summed E-state index contributed by atoms with van der Waals surface area (Å²) in [6.45, 7) is 18.1. The monoisotopic (exact) mass is 584 g/mol. The van der Waals surface area contributed by atoms with Crippen molar-refractivity contribution in [3.8, 4) is 0 Å². The van der Waals surface area contributed by atoms with Crippen LogP contribution in [0.15, 0.2) is 12.2 Å². The number of ether oxygens (including phenoxy) is 4. The molecule has 3 fully saturated rings. The van der Waals surface area contributed by atoms with Crippen molar-refractivity contribution >= 4 is 5.97 Å². The van der Waals surface area contributed by atoms with E-state index in [1.807, 2.05) is 13.8 Å². The minimum absolute atomic E-state index is 0.218. The SMILES string of the molecule is C=C(CC[C@H](OC(C)=O)[C@@]1(C)CC[C@H](C(C)(C)O)O1)[C@@H](O)CC[C@H]1O[C@@H]([C@]2(C)CC[C@@H](C(C)(C)O)O2)CC[C@]1(C)O. The van der Waals surface area contributed by atoms with Gasteiger partial charge < -0.3 is 39.4 Å². The molecule has 0 spiro atoms. The fourth-order valence-corrected chi connectivity index (χ4v) is 6.70. The van der Waals surface area contributed by atoms with Crippen LogP contribution in [-0.4, -0.2) is 91.0 Å². The molecule has 0 aromatic carbocycles. The summed E-state index contributed by atoms with van der Waals surface area (Å²) in [4.78, 5) is 11.9. The van der Waals surface area contributed by atoms with Crippen molar-refractivity contribution in [2.45, 2.75) is 184 Å². The van der Waals surface area contributed by atoms with E-state index in [1.54, 1.807) is 34.6 Å². The maximum absolute atomic E-state index is 11.9. The van der Waals surface area contributed by atoms with E-state index in [2.05, 4.69) is 6.58 Å². The van der Waals surface area contributed by atoms with Crippen molar-refractivity contribution in [3.05, 3.63) is 12.2 Å². The Morgan fingerprint density at radius 3 is 2.10 bits per heavy atom. The highest BCUT2D eigenvalue weighted by Crippen LogP contribution is 2.44. The molecule has 0 radical (unpaired) electrons. The Morgan fingerprint density at radius 1 is 0.976 bits per heavy atom. The van der Waals surface area contributed by atoms with E-state index in [9.17, 15) is 25.2 Å². The van der Waals surface area contributed by atoms with Gasteiger partial charge in [0.05, 0.1) is 52.9 Å². The number of rotatable bonds is 12. The molecule has 3 aliphatic rings. The Hall–Kier alpha value is -1.07. The molecule has 0 aromatic rings. The number of aliphatic hydroxyl groups excluding tert-OH is 1. The Morgan fingerprint density at radius 2 is 1.56 bits per heavy atom. The second-order valence-electron chi connectivity index (χ2n) is 14.6. The third kappa shape index (κ3) is 8.52. The molecule has 0 aromatic heterocycles. The van der Waals surface area contributed by atoms with Crippen molar-refractivity contribution in [1.82, 2.24) is 0 Å². The van der Waals surface area contributed by atoms with Gasteiger partial charge in [0.25, 0.3) is 0 Å². The molecule has 9 heteroatoms. The summed E-state index contributed by atoms with van der Waals surface area (Å²) in [5.74, 6) is -0.405. The van der Waals surface area contributed by atoms with Gasteiger partial charge in [-0.1, -0.05) is 6.58 Å². The number of carbonyl (C=O) groups excluding carboxylic acids is 1. The van der Waals surface area contributed by atoms with Crippen LogP contribution in [0.25, 0.3) is 0 Å². The molecule has 9 nitrogen and oxygen atoms in total. The Balaban J connectivity index is 1.56. The topological polar surface area (TPSA) is 135 Å². The van der Waals surface area contributed by atoms with Crippen LogP contribution in [0, 0.1) is 0 Å². The van der Waals surface area contributed by atoms with E-state index in [1.165, 1.54) is 6.92 Å². The van der Waals surface area contributed by atoms with Crippen molar-refractivity contribution in [1.29, 1.82) is 0 Å². The van der Waals surface area contributed by atoms with Gasteiger partial charge in [0.2, 0.25) is 0 Å². The second kappa shape index (κ2) is 12.5. The largest absolute Gasteiger partial charge is 0.459 e. The number of hydrogen-bond donors (Lipinski definition) is 4. The van der Waals surface area contributed by atoms with Gasteiger partial charge in [0, 0.05) is 6.92 Å². The van der Waals surface area contributed by atoms with Crippen molar-refractivity contribution < 1.29 is 44.2 Å². The standard InChI is InChI=1S/C32H56O9/c1-20(10-12-26(38-21(2)33)31(8)18-15-23(40-31)28(3,4)35)22(34)11-13-25-30(7,37)17-14-27(39-25)32(9)19-16-24(41-32)29(5,6)36/h22-27,34-37H,1,10-19H2,2-9H3/t22-,23+,24-,25+,26-,27+,30-,31+,32-/m0/s1. The molecule has 41 heavy (non-hydrogen) atoms. The lowest BCUT2D eigenvalue weighted by molar-refractivity contribution is -0.232. The smallest absolute Gasteiger partial charge is 0.303 e. The number of carbonyl (C=O) groups is 1. The summed E-state index contributed by atoms with van der Waals surface area (Å²) in [5, 5.41) is 42.9. The number of esters is 1. The highest BCUT2D eigenvalue weighted by Gasteiger charge is 2.52. The summed E-state index contributed by atoms with van der Waals surface area (Å²) in [6.07, 6.45) is 3.01. The van der Waals surface area contributed by atoms with Gasteiger partial charge in [-0.3, -0.25) is 4.79 Å². The van der Waals surface area contributed by atoms with Crippen LogP contribution in [0.3, 0.4) is 0 Å². The van der Waals surface area contributed by atoms with Crippen LogP contribution in [0.1, 0.15) is 120 Å². The van der Waals surface area contributed by atoms with Gasteiger partial charge in [0.1, 0.15) is 11.7 Å². The van der Waals surface area contributed by atoms with Gasteiger partial charge in [-0.2, -0.15) is 0 Å². The van der Waals surface area contributed by atoms with Crippen LogP contribution in [-0.2, 0) is 23.7 Å². The summed E-state index contributed by atoms with van der Waals surface area (Å²) in [5.41, 5.74) is -3.64. The van der Waals surface area contributed by atoms with E-state index in [0.717, 1.165) is 12.8 Å². The molecule has 0 unspecified atom stereocenters. The maximum atomic E-state index is 11.9. The molecule has 3 rings (SSSR count). The normalized spacial score (nSPS) is 38.0. The quantitative estimate of drug-likeness (QED) is 0.197. The molecule has 0 bridgehead atoms. The minimum atomic E-state index is -1.03. The predicted octanol–water partition coefficient (Wildman–Crippen LogP) is 4.11. The molecular weight excluding hydrogens is 528 g/mol. The minimum Gasteiger partial charge on any atom is -0.459 e. The lowest BCUT2D eigenvalue weighted by atomic mass is 9.80. The van der Waals surface area contributed by atoms with Gasteiger partial charge in [-0.05, 0) is 118 Å². The van der Waals surface area contributed by atoms with Crippen LogP contribution >= 0.6 is 0 Å². The molecule has 3 aliphatic heterocycles. The van der Waals surface area contributed by atoms with Crippen LogP contribution in [0.4, 0.5) is 0 Å². The fourth-order valence-electron chi connectivity index (χ4n) is 6.70. The third-order valence-corrected chi connectivity index (χ3v) is 9.71. The van der Waals surface area contributed by atoms with Crippen molar-refractivity contribution in [2.24, 2.45) is 0 Å². The molecule has 3 heterocycles. The summed E-state index contributed by atoms with van der Waals surface area (Å²) in [7, 11) is 0. The molecule has 4 N–H and O–H groups in total. The fraction of sp³-hybridized carbons (Fsp3) is 0.906. The number of aliphatic hydroxyl groups is 4. The highest BCUT2D eigenvalue weighted by molar-refractivity contribution is 5.66. The first-order chi connectivity index (χ1) is 18.7. The van der Waals surface area contributed by atoms with Gasteiger partial charge in [-0.15, -0.1) is 0 Å². The predicted molar refractivity (Wildman–Crippen MR) is 155 cm³/mol. The number of hydrogen-bond acceptors (Lipinski definition) is 9. The Labute approximate surface area is 246 Å². The average molecular weight is 585 g/mol. The summed E-state index contributed by atoms with van der Waals surface area (Å²) < 4.78 is 24.6. The van der Waals surface area contributed by atoms with Gasteiger partial charge in [-0.25, -0.2) is 0 Å². The van der Waals surface area contributed by atoms with Crippen molar-refractivity contribution in [3.63, 3.8) is 0 Å². The first-order valence-corrected chi connectivity index (χ1v) is 15.4. The molecule has 0 aliphatic carbocycles. The van der Waals surface area contributed by atoms with Crippen LogP contribution < -0.4 is 0 Å². The molecule has 3 saturated heterocycles. The lowest BCUT2D eigenvalue weighted by Crippen LogP contribution is -2.55. The zero-order valence-electron chi connectivity index (χ0n) is 26.6. The van der Waals surface area contributed by atoms with Crippen LogP contribution in [0.2, 0.25) is 0 Å². The van der Waals surface area contributed by atoms with E-state index >= 15 is 0 Å². The maximum Gasteiger partial charge on any atom is 0.303 e. The molecule has 0 amide bonds. The average Bonchev–Trinajstić information content (AvgIpc) is 3.45. The van der Waals surface area contributed by atoms with E-state index in [0.29, 0.717) is 56.9 Å². The van der Waals surface area contributed by atoms with E-state index in [4.69, 9.17) is 18.9 Å². The van der Waals surface area contributed by atoms with E-state index < -0.39 is 52.3 Å². The third-order valence-electron chi connectivity index (χ3n) is 9.71. The van der Waals surface area contributed by atoms with Crippen LogP contribution in [0.5, 0.6) is 0 Å². The molecular formula is C32H56O9. The summed E-state index contributed by atoms with van der Waals surface area (Å²) >= 11 is 0. The van der Waals surface area contributed by atoms with E-state index in [-0.39, 0.29) is 18.3 Å². The Kier molecular flexibility index (Phi) is 10.5. The Bertz CT molecular complexity index is 919. The van der Waals surface area contributed by atoms with Gasteiger partial charge >= 0.3 is 5.97 Å².